The van der Waals surface area contributed by atoms with E-state index in [1.165, 1.54) is 12.1 Å². The summed E-state index contributed by atoms with van der Waals surface area (Å²) < 4.78 is 29.7. The van der Waals surface area contributed by atoms with Gasteiger partial charge in [-0.3, -0.25) is 9.78 Å². The largest absolute Gasteiger partial charge is 0.475 e. The molecule has 0 bridgehead atoms. The summed E-state index contributed by atoms with van der Waals surface area (Å²) >= 11 is 0. The van der Waals surface area contributed by atoms with Crippen LogP contribution >= 0.6 is 0 Å². The van der Waals surface area contributed by atoms with Crippen LogP contribution in [0.4, 0.5) is 11.4 Å². The molecule has 192 valence electrons. The molecule has 1 unspecified atom stereocenters. The predicted octanol–water partition coefficient (Wildman–Crippen LogP) is 2.74. The van der Waals surface area contributed by atoms with E-state index in [1.807, 2.05) is 36.4 Å². The molecule has 4 rings (SSSR count). The van der Waals surface area contributed by atoms with E-state index >= 15 is 0 Å². The standard InChI is InChI=1S/C26H29BN4O5S/c32-26(31-25(27(33)34)16-20-8-9-20)21(15-19-5-2-1-3-6-19)17-29-37(35,36)24-12-10-22(11-13-24)30-23-7-4-14-28-18-23/h1-7,10-14,17-18,20-21,25,30,33-34H,8-9,15-16H2,(H,31,32)/b29-17+/t21?,25-/m0/s1. The number of carbonyl (C=O) groups is 1. The summed E-state index contributed by atoms with van der Waals surface area (Å²) in [5.41, 5.74) is 2.26. The van der Waals surface area contributed by atoms with Gasteiger partial charge in [-0.15, -0.1) is 0 Å². The van der Waals surface area contributed by atoms with Crippen molar-refractivity contribution in [1.29, 1.82) is 0 Å². The van der Waals surface area contributed by atoms with Gasteiger partial charge in [0.15, 0.2) is 0 Å². The van der Waals surface area contributed by atoms with Crippen LogP contribution in [0.2, 0.25) is 0 Å². The first-order chi connectivity index (χ1) is 17.8. The molecular weight excluding hydrogens is 491 g/mol. The highest BCUT2D eigenvalue weighted by atomic mass is 32.2. The fourth-order valence-corrected chi connectivity index (χ4v) is 4.78. The molecule has 0 saturated heterocycles. The summed E-state index contributed by atoms with van der Waals surface area (Å²) in [5, 5.41) is 25.3. The molecule has 1 heterocycles. The number of sulfonamides is 1. The van der Waals surface area contributed by atoms with Gasteiger partial charge in [0.1, 0.15) is 0 Å². The Morgan fingerprint density at radius 2 is 1.78 bits per heavy atom. The third-order valence-corrected chi connectivity index (χ3v) is 7.36. The van der Waals surface area contributed by atoms with Gasteiger partial charge in [0, 0.05) is 18.1 Å². The second-order valence-corrected chi connectivity index (χ2v) is 10.8. The molecule has 1 aliphatic carbocycles. The second kappa shape index (κ2) is 12.1. The van der Waals surface area contributed by atoms with Crippen molar-refractivity contribution < 1.29 is 23.3 Å². The van der Waals surface area contributed by atoms with Crippen LogP contribution in [0.1, 0.15) is 24.8 Å². The number of carbonyl (C=O) groups excluding carboxylic acids is 1. The molecule has 1 aromatic heterocycles. The number of nitrogens with zero attached hydrogens (tertiary/aromatic N) is 2. The van der Waals surface area contributed by atoms with Crippen LogP contribution in [-0.2, 0) is 21.2 Å². The Kier molecular flexibility index (Phi) is 8.70. The average molecular weight is 520 g/mol. The lowest BCUT2D eigenvalue weighted by atomic mass is 9.76. The zero-order chi connectivity index (χ0) is 26.3. The summed E-state index contributed by atoms with van der Waals surface area (Å²) in [7, 11) is -5.78. The molecule has 11 heteroatoms. The first kappa shape index (κ1) is 26.5. The van der Waals surface area contributed by atoms with Crippen molar-refractivity contribution in [2.45, 2.75) is 36.5 Å². The maximum absolute atomic E-state index is 13.1. The fraction of sp³-hybridized carbons (Fsp3) is 0.269. The molecule has 37 heavy (non-hydrogen) atoms. The number of anilines is 2. The predicted molar refractivity (Wildman–Crippen MR) is 143 cm³/mol. The second-order valence-electron chi connectivity index (χ2n) is 9.12. The van der Waals surface area contributed by atoms with E-state index in [0.29, 0.717) is 18.0 Å². The molecular formula is C26H29BN4O5S. The Morgan fingerprint density at radius 1 is 1.05 bits per heavy atom. The van der Waals surface area contributed by atoms with Gasteiger partial charge >= 0.3 is 7.12 Å². The number of hydrogen-bond donors (Lipinski definition) is 4. The summed E-state index contributed by atoms with van der Waals surface area (Å²) in [6, 6.07) is 18.9. The summed E-state index contributed by atoms with van der Waals surface area (Å²) in [6.45, 7) is 0. The Morgan fingerprint density at radius 3 is 2.41 bits per heavy atom. The first-order valence-electron chi connectivity index (χ1n) is 12.1. The van der Waals surface area contributed by atoms with Crippen molar-refractivity contribution in [1.82, 2.24) is 10.3 Å². The Hall–Kier alpha value is -3.54. The topological polar surface area (TPSA) is 141 Å². The number of benzene rings is 2. The molecule has 1 amide bonds. The van der Waals surface area contributed by atoms with Gasteiger partial charge in [0.05, 0.1) is 28.6 Å². The molecule has 2 atom stereocenters. The quantitative estimate of drug-likeness (QED) is 0.213. The average Bonchev–Trinajstić information content (AvgIpc) is 3.72. The van der Waals surface area contributed by atoms with Crippen LogP contribution < -0.4 is 10.6 Å². The summed E-state index contributed by atoms with van der Waals surface area (Å²) in [5.74, 6) is -1.92. The minimum atomic E-state index is -4.07. The highest BCUT2D eigenvalue weighted by Gasteiger charge is 2.34. The van der Waals surface area contributed by atoms with E-state index in [-0.39, 0.29) is 11.3 Å². The molecule has 1 fully saturated rings. The molecule has 1 aliphatic rings. The minimum absolute atomic E-state index is 0.0169. The Labute approximate surface area is 216 Å². The molecule has 9 nitrogen and oxygen atoms in total. The van der Waals surface area contributed by atoms with E-state index in [4.69, 9.17) is 0 Å². The monoisotopic (exact) mass is 520 g/mol. The highest BCUT2D eigenvalue weighted by molar-refractivity contribution is 7.90. The van der Waals surface area contributed by atoms with Gasteiger partial charge in [0.25, 0.3) is 10.0 Å². The number of nitrogens with one attached hydrogen (secondary N) is 2. The van der Waals surface area contributed by atoms with E-state index in [0.717, 1.165) is 30.3 Å². The van der Waals surface area contributed by atoms with Crippen LogP contribution in [0, 0.1) is 11.8 Å². The van der Waals surface area contributed by atoms with Crippen molar-refractivity contribution in [3.8, 4) is 0 Å². The Bertz CT molecular complexity index is 1300. The van der Waals surface area contributed by atoms with Crippen molar-refractivity contribution in [3.05, 3.63) is 84.7 Å². The minimum Gasteiger partial charge on any atom is -0.426 e. The molecule has 0 radical (unpaired) electrons. The van der Waals surface area contributed by atoms with E-state index in [9.17, 15) is 23.3 Å². The lowest BCUT2D eigenvalue weighted by Crippen LogP contribution is -2.49. The molecule has 3 aromatic rings. The zero-order valence-electron chi connectivity index (χ0n) is 20.1. The Balaban J connectivity index is 1.49. The first-order valence-corrected chi connectivity index (χ1v) is 13.5. The van der Waals surface area contributed by atoms with Gasteiger partial charge in [-0.1, -0.05) is 43.2 Å². The van der Waals surface area contributed by atoms with Crippen molar-refractivity contribution in [2.24, 2.45) is 16.2 Å². The normalized spacial score (nSPS) is 15.2. The van der Waals surface area contributed by atoms with Crippen LogP contribution in [-0.4, -0.2) is 48.6 Å². The lowest BCUT2D eigenvalue weighted by Gasteiger charge is -2.20. The van der Waals surface area contributed by atoms with E-state index < -0.39 is 34.9 Å². The third kappa shape index (κ3) is 7.98. The van der Waals surface area contributed by atoms with Gasteiger partial charge in [0.2, 0.25) is 5.91 Å². The van der Waals surface area contributed by atoms with Crippen molar-refractivity contribution in [3.63, 3.8) is 0 Å². The van der Waals surface area contributed by atoms with E-state index in [1.54, 1.807) is 30.6 Å². The molecule has 4 N–H and O–H groups in total. The van der Waals surface area contributed by atoms with Crippen LogP contribution in [0.15, 0.2) is 88.4 Å². The number of pyridine rings is 1. The van der Waals surface area contributed by atoms with Gasteiger partial charge in [-0.05, 0) is 60.7 Å². The smallest absolute Gasteiger partial charge is 0.426 e. The lowest BCUT2D eigenvalue weighted by molar-refractivity contribution is -0.123. The molecule has 2 aromatic carbocycles. The molecule has 0 aliphatic heterocycles. The number of aromatic nitrogens is 1. The zero-order valence-corrected chi connectivity index (χ0v) is 21.0. The van der Waals surface area contributed by atoms with Crippen LogP contribution in [0.5, 0.6) is 0 Å². The van der Waals surface area contributed by atoms with Gasteiger partial charge in [-0.25, -0.2) is 0 Å². The molecule has 0 spiro atoms. The fourth-order valence-electron chi connectivity index (χ4n) is 3.87. The van der Waals surface area contributed by atoms with Crippen LogP contribution in [0.3, 0.4) is 0 Å². The number of hydrogen-bond acceptors (Lipinski definition) is 7. The maximum atomic E-state index is 13.1. The maximum Gasteiger partial charge on any atom is 0.475 e. The van der Waals surface area contributed by atoms with Crippen molar-refractivity contribution >= 4 is 40.6 Å². The summed E-state index contributed by atoms with van der Waals surface area (Å²) in [6.07, 6.45) is 7.07. The highest BCUT2D eigenvalue weighted by Crippen LogP contribution is 2.33. The van der Waals surface area contributed by atoms with E-state index in [2.05, 4.69) is 20.0 Å². The number of rotatable bonds is 12. The van der Waals surface area contributed by atoms with Gasteiger partial charge in [-0.2, -0.15) is 12.8 Å². The van der Waals surface area contributed by atoms with Crippen LogP contribution in [0.25, 0.3) is 0 Å². The summed E-state index contributed by atoms with van der Waals surface area (Å²) in [4.78, 5) is 17.1. The number of amides is 1. The van der Waals surface area contributed by atoms with Gasteiger partial charge < -0.3 is 20.7 Å². The molecule has 1 saturated carbocycles. The SMILES string of the molecule is O=C(N[C@@H](CC1CC1)B(O)O)C(/C=N/S(=O)(=O)c1ccc(Nc2cccnc2)cc1)Cc1ccccc1. The third-order valence-electron chi connectivity index (χ3n) is 6.09. The van der Waals surface area contributed by atoms with Crippen molar-refractivity contribution in [2.75, 3.05) is 5.32 Å².